The van der Waals surface area contributed by atoms with Gasteiger partial charge in [0, 0.05) is 36.2 Å². The van der Waals surface area contributed by atoms with Crippen molar-refractivity contribution in [2.75, 3.05) is 32.7 Å². The minimum Gasteiger partial charge on any atom is -0.351 e. The summed E-state index contributed by atoms with van der Waals surface area (Å²) in [6.45, 7) is 4.20. The van der Waals surface area contributed by atoms with E-state index < -0.39 is 17.5 Å². The van der Waals surface area contributed by atoms with Gasteiger partial charge in [0.2, 0.25) is 0 Å². The molecule has 2 aromatic carbocycles. The Labute approximate surface area is 197 Å². The molecule has 1 heterocycles. The first-order valence-electron chi connectivity index (χ1n) is 11.7. The van der Waals surface area contributed by atoms with E-state index in [4.69, 9.17) is 5.21 Å². The molecule has 2 amide bonds. The molecule has 0 aromatic heterocycles. The first-order chi connectivity index (χ1) is 16.4. The Kier molecular flexibility index (Phi) is 7.87. The minimum atomic E-state index is -0.802. The number of nitrogens with one attached hydrogen (secondary N) is 3. The molecule has 0 spiro atoms. The molecule has 1 aliphatic heterocycles. The van der Waals surface area contributed by atoms with Crippen molar-refractivity contribution in [2.24, 2.45) is 5.92 Å². The van der Waals surface area contributed by atoms with Crippen LogP contribution < -0.4 is 16.1 Å². The van der Waals surface area contributed by atoms with Crippen LogP contribution in [0.2, 0.25) is 0 Å². The molecular formula is C25H30F2N4O3. The summed E-state index contributed by atoms with van der Waals surface area (Å²) in [5, 5.41) is 15.1. The zero-order chi connectivity index (χ0) is 24.1. The van der Waals surface area contributed by atoms with E-state index in [1.807, 2.05) is 0 Å². The molecule has 2 unspecified atom stereocenters. The number of likely N-dealkylation sites (tertiary alicyclic amines) is 1. The van der Waals surface area contributed by atoms with Gasteiger partial charge in [-0.3, -0.25) is 14.8 Å². The van der Waals surface area contributed by atoms with Gasteiger partial charge < -0.3 is 15.5 Å². The monoisotopic (exact) mass is 472 g/mol. The van der Waals surface area contributed by atoms with Crippen molar-refractivity contribution in [3.8, 4) is 0 Å². The third kappa shape index (κ3) is 6.16. The predicted molar refractivity (Wildman–Crippen MR) is 123 cm³/mol. The maximum absolute atomic E-state index is 13.4. The van der Waals surface area contributed by atoms with E-state index in [9.17, 15) is 18.4 Å². The summed E-state index contributed by atoms with van der Waals surface area (Å²) in [5.41, 5.74) is 3.16. The van der Waals surface area contributed by atoms with E-state index in [0.29, 0.717) is 24.1 Å². The van der Waals surface area contributed by atoms with Crippen LogP contribution in [-0.4, -0.2) is 60.7 Å². The highest BCUT2D eigenvalue weighted by atomic mass is 19.2. The second kappa shape index (κ2) is 11.0. The van der Waals surface area contributed by atoms with Gasteiger partial charge in [0.15, 0.2) is 11.6 Å². The quantitative estimate of drug-likeness (QED) is 0.333. The van der Waals surface area contributed by atoms with Crippen LogP contribution in [0.5, 0.6) is 0 Å². The van der Waals surface area contributed by atoms with Gasteiger partial charge >= 0.3 is 0 Å². The van der Waals surface area contributed by atoms with Gasteiger partial charge in [-0.05, 0) is 86.8 Å². The molecule has 2 aliphatic rings. The van der Waals surface area contributed by atoms with Crippen molar-refractivity contribution in [2.45, 2.75) is 31.2 Å². The second-order valence-electron chi connectivity index (χ2n) is 9.09. The number of hydroxylamine groups is 1. The van der Waals surface area contributed by atoms with Gasteiger partial charge in [0.1, 0.15) is 0 Å². The van der Waals surface area contributed by atoms with E-state index in [2.05, 4.69) is 15.5 Å². The number of carbonyl (C=O) groups excluding carboxylic acids is 2. The van der Waals surface area contributed by atoms with Crippen molar-refractivity contribution in [1.82, 2.24) is 21.0 Å². The standard InChI is InChI=1S/C25H30F2N4O3/c26-21-6-5-19(13-22(21)27)20-14-23(20)29-15-16-7-10-31(11-8-16)12-9-28-24(32)17-1-3-18(4-2-17)25(33)30-34/h1-6,13,16,20,23,29,34H,7-12,14-15H2,(H,28,32)(H,30,33). The van der Waals surface area contributed by atoms with Crippen LogP contribution >= 0.6 is 0 Å². The van der Waals surface area contributed by atoms with Gasteiger partial charge in [-0.1, -0.05) is 6.07 Å². The Balaban J connectivity index is 1.10. The third-order valence-corrected chi connectivity index (χ3v) is 6.76. The molecular weight excluding hydrogens is 442 g/mol. The fourth-order valence-corrected chi connectivity index (χ4v) is 4.53. The lowest BCUT2D eigenvalue weighted by Crippen LogP contribution is -2.41. The van der Waals surface area contributed by atoms with Crippen LogP contribution in [0.1, 0.15) is 51.5 Å². The van der Waals surface area contributed by atoms with E-state index in [-0.39, 0.29) is 17.4 Å². The largest absolute Gasteiger partial charge is 0.351 e. The number of carbonyl (C=O) groups is 2. The van der Waals surface area contributed by atoms with E-state index in [1.165, 1.54) is 24.3 Å². The van der Waals surface area contributed by atoms with Crippen LogP contribution in [0, 0.1) is 17.6 Å². The molecule has 2 aromatic rings. The SMILES string of the molecule is O=C(NO)c1ccc(C(=O)NCCN2CCC(CNC3CC3c3ccc(F)c(F)c3)CC2)cc1. The van der Waals surface area contributed by atoms with Crippen LogP contribution in [0.3, 0.4) is 0 Å². The molecule has 1 saturated carbocycles. The molecule has 1 saturated heterocycles. The first kappa shape index (κ1) is 24.3. The molecule has 2 atom stereocenters. The Morgan fingerprint density at radius 2 is 1.65 bits per heavy atom. The number of hydrogen-bond donors (Lipinski definition) is 4. The molecule has 7 nitrogen and oxygen atoms in total. The Hall–Kier alpha value is -2.88. The van der Waals surface area contributed by atoms with Crippen molar-refractivity contribution in [3.05, 3.63) is 70.8 Å². The first-order valence-corrected chi connectivity index (χ1v) is 11.7. The summed E-state index contributed by atoms with van der Waals surface area (Å²) >= 11 is 0. The van der Waals surface area contributed by atoms with Crippen LogP contribution in [0.15, 0.2) is 42.5 Å². The summed E-state index contributed by atoms with van der Waals surface area (Å²) in [7, 11) is 0. The van der Waals surface area contributed by atoms with Crippen molar-refractivity contribution >= 4 is 11.8 Å². The van der Waals surface area contributed by atoms with Gasteiger partial charge in [-0.15, -0.1) is 0 Å². The summed E-state index contributed by atoms with van der Waals surface area (Å²) in [5.74, 6) is -1.55. The number of benzene rings is 2. The maximum Gasteiger partial charge on any atom is 0.274 e. The molecule has 4 rings (SSSR count). The molecule has 0 bridgehead atoms. The lowest BCUT2D eigenvalue weighted by atomic mass is 9.96. The number of nitrogens with zero attached hydrogens (tertiary/aromatic N) is 1. The average molecular weight is 473 g/mol. The van der Waals surface area contributed by atoms with E-state index in [1.54, 1.807) is 23.7 Å². The van der Waals surface area contributed by atoms with Crippen LogP contribution in [-0.2, 0) is 0 Å². The summed E-state index contributed by atoms with van der Waals surface area (Å²) in [6.07, 6.45) is 3.12. The van der Waals surface area contributed by atoms with Crippen molar-refractivity contribution in [3.63, 3.8) is 0 Å². The molecule has 182 valence electrons. The fourth-order valence-electron chi connectivity index (χ4n) is 4.53. The summed E-state index contributed by atoms with van der Waals surface area (Å²) in [6, 6.07) is 10.6. The highest BCUT2D eigenvalue weighted by molar-refractivity contribution is 5.97. The van der Waals surface area contributed by atoms with Gasteiger partial charge in [-0.25, -0.2) is 14.3 Å². The summed E-state index contributed by atoms with van der Waals surface area (Å²) < 4.78 is 26.5. The fraction of sp³-hybridized carbons (Fsp3) is 0.440. The number of amides is 2. The number of halogens is 2. The zero-order valence-corrected chi connectivity index (χ0v) is 18.9. The highest BCUT2D eigenvalue weighted by Gasteiger charge is 2.38. The Morgan fingerprint density at radius 1 is 0.971 bits per heavy atom. The molecule has 34 heavy (non-hydrogen) atoms. The topological polar surface area (TPSA) is 93.7 Å². The smallest absolute Gasteiger partial charge is 0.274 e. The van der Waals surface area contributed by atoms with Gasteiger partial charge in [0.05, 0.1) is 0 Å². The maximum atomic E-state index is 13.4. The lowest BCUT2D eigenvalue weighted by Gasteiger charge is -2.32. The second-order valence-corrected chi connectivity index (χ2v) is 9.09. The van der Waals surface area contributed by atoms with Crippen molar-refractivity contribution < 1.29 is 23.6 Å². The van der Waals surface area contributed by atoms with E-state index in [0.717, 1.165) is 51.0 Å². The number of hydrogen-bond acceptors (Lipinski definition) is 5. The minimum absolute atomic E-state index is 0.199. The number of piperidine rings is 1. The molecule has 9 heteroatoms. The Morgan fingerprint density at radius 3 is 2.29 bits per heavy atom. The van der Waals surface area contributed by atoms with Gasteiger partial charge in [0.25, 0.3) is 11.8 Å². The third-order valence-electron chi connectivity index (χ3n) is 6.76. The van der Waals surface area contributed by atoms with Crippen LogP contribution in [0.25, 0.3) is 0 Å². The summed E-state index contributed by atoms with van der Waals surface area (Å²) in [4.78, 5) is 26.0. The Bertz CT molecular complexity index is 1010. The molecule has 2 fully saturated rings. The van der Waals surface area contributed by atoms with E-state index >= 15 is 0 Å². The zero-order valence-electron chi connectivity index (χ0n) is 18.9. The van der Waals surface area contributed by atoms with Crippen molar-refractivity contribution in [1.29, 1.82) is 0 Å². The predicted octanol–water partition coefficient (Wildman–Crippen LogP) is 2.67. The normalized spacial score (nSPS) is 20.7. The highest BCUT2D eigenvalue weighted by Crippen LogP contribution is 2.41. The average Bonchev–Trinajstić information content (AvgIpc) is 3.64. The molecule has 0 radical (unpaired) electrons. The van der Waals surface area contributed by atoms with Crippen LogP contribution in [0.4, 0.5) is 8.78 Å². The molecule has 1 aliphatic carbocycles. The molecule has 4 N–H and O–H groups in total. The lowest BCUT2D eigenvalue weighted by molar-refractivity contribution is 0.0706. The number of rotatable bonds is 9. The van der Waals surface area contributed by atoms with Gasteiger partial charge in [-0.2, -0.15) is 0 Å².